The van der Waals surface area contributed by atoms with Crippen molar-refractivity contribution in [1.82, 2.24) is 4.90 Å². The second-order valence-electron chi connectivity index (χ2n) is 12.0. The molecule has 2 heterocycles. The van der Waals surface area contributed by atoms with Crippen molar-refractivity contribution >= 4 is 23.8 Å². The molecule has 0 amide bonds. The first-order chi connectivity index (χ1) is 15.8. The van der Waals surface area contributed by atoms with Crippen LogP contribution in [0, 0.1) is 11.3 Å². The van der Waals surface area contributed by atoms with Crippen molar-refractivity contribution in [3.63, 3.8) is 0 Å². The summed E-state index contributed by atoms with van der Waals surface area (Å²) in [6, 6.07) is 7.63. The fourth-order valence-electron chi connectivity index (χ4n) is 7.51. The number of piperazine rings is 1. The van der Waals surface area contributed by atoms with Crippen LogP contribution in [-0.4, -0.2) is 50.7 Å². The van der Waals surface area contributed by atoms with Gasteiger partial charge in [-0.05, 0) is 112 Å². The molecule has 3 nitrogen and oxygen atoms in total. The minimum atomic E-state index is 0. The summed E-state index contributed by atoms with van der Waals surface area (Å²) in [6.45, 7) is 8.84. The first-order valence-corrected chi connectivity index (χ1v) is 14.1. The summed E-state index contributed by atoms with van der Waals surface area (Å²) in [6.07, 6.45) is 19.0. The summed E-state index contributed by atoms with van der Waals surface area (Å²) >= 11 is 0. The third kappa shape index (κ3) is 5.35. The molecule has 3 saturated carbocycles. The van der Waals surface area contributed by atoms with Crippen LogP contribution in [0.15, 0.2) is 18.2 Å². The van der Waals surface area contributed by atoms with Gasteiger partial charge in [0, 0.05) is 57.2 Å². The monoisotopic (exact) mass is 471 g/mol. The van der Waals surface area contributed by atoms with Gasteiger partial charge >= 0.3 is 0 Å². The molecule has 2 saturated heterocycles. The average molecular weight is 472 g/mol. The van der Waals surface area contributed by atoms with E-state index in [-0.39, 0.29) is 12.4 Å². The molecule has 0 bridgehead atoms. The van der Waals surface area contributed by atoms with Gasteiger partial charge in [-0.1, -0.05) is 12.8 Å². The minimum Gasteiger partial charge on any atom is -0.372 e. The van der Waals surface area contributed by atoms with Gasteiger partial charge in [0.1, 0.15) is 0 Å². The second-order valence-corrected chi connectivity index (χ2v) is 12.0. The Morgan fingerprint density at radius 2 is 1.39 bits per heavy atom. The number of piperidine rings is 1. The molecule has 0 N–H and O–H groups in total. The Morgan fingerprint density at radius 1 is 0.697 bits per heavy atom. The Kier molecular flexibility index (Phi) is 7.47. The predicted molar refractivity (Wildman–Crippen MR) is 143 cm³/mol. The van der Waals surface area contributed by atoms with Gasteiger partial charge < -0.3 is 9.80 Å². The van der Waals surface area contributed by atoms with Gasteiger partial charge in [0.15, 0.2) is 0 Å². The van der Waals surface area contributed by atoms with Gasteiger partial charge in [0.2, 0.25) is 0 Å². The van der Waals surface area contributed by atoms with Crippen molar-refractivity contribution in [2.75, 3.05) is 55.6 Å². The van der Waals surface area contributed by atoms with Gasteiger partial charge in [-0.15, -0.1) is 12.4 Å². The fraction of sp³-hybridized carbons (Fsp3) is 0.793. The Balaban J connectivity index is 0.00000228. The van der Waals surface area contributed by atoms with Gasteiger partial charge in [-0.2, -0.15) is 0 Å². The molecule has 5 aliphatic rings. The summed E-state index contributed by atoms with van der Waals surface area (Å²) in [5.74, 6) is 1.80. The van der Waals surface area contributed by atoms with E-state index in [1.165, 1.54) is 135 Å². The minimum absolute atomic E-state index is 0. The van der Waals surface area contributed by atoms with E-state index in [0.29, 0.717) is 0 Å². The van der Waals surface area contributed by atoms with Crippen LogP contribution in [-0.2, 0) is 0 Å². The zero-order valence-electron chi connectivity index (χ0n) is 20.8. The maximum absolute atomic E-state index is 2.75. The number of hydrogen-bond donors (Lipinski definition) is 0. The summed E-state index contributed by atoms with van der Waals surface area (Å²) in [5, 5.41) is 0. The van der Waals surface area contributed by atoms with Crippen molar-refractivity contribution < 1.29 is 0 Å². The molecule has 2 aliphatic heterocycles. The van der Waals surface area contributed by atoms with Crippen molar-refractivity contribution in [3.8, 4) is 0 Å². The van der Waals surface area contributed by atoms with Gasteiger partial charge in [-0.25, -0.2) is 0 Å². The highest BCUT2D eigenvalue weighted by atomic mass is 35.5. The third-order valence-electron chi connectivity index (χ3n) is 9.81. The van der Waals surface area contributed by atoms with Crippen molar-refractivity contribution in [2.24, 2.45) is 11.3 Å². The number of anilines is 2. The van der Waals surface area contributed by atoms with Crippen molar-refractivity contribution in [1.29, 1.82) is 0 Å². The molecule has 33 heavy (non-hydrogen) atoms. The lowest BCUT2D eigenvalue weighted by atomic mass is 9.68. The van der Waals surface area contributed by atoms with Crippen LogP contribution >= 0.6 is 12.4 Å². The average Bonchev–Trinajstić information content (AvgIpc) is 3.56. The highest BCUT2D eigenvalue weighted by molar-refractivity contribution is 5.85. The summed E-state index contributed by atoms with van der Waals surface area (Å²) in [4.78, 5) is 8.16. The van der Waals surface area contributed by atoms with E-state index >= 15 is 0 Å². The summed E-state index contributed by atoms with van der Waals surface area (Å²) in [5.41, 5.74) is 5.54. The van der Waals surface area contributed by atoms with E-state index in [0.717, 1.165) is 17.3 Å². The molecule has 6 rings (SSSR count). The molecule has 0 unspecified atom stereocenters. The lowest BCUT2D eigenvalue weighted by Gasteiger charge is -2.41. The lowest BCUT2D eigenvalue weighted by Crippen LogP contribution is -2.47. The maximum Gasteiger partial charge on any atom is 0.0404 e. The molecule has 0 atom stereocenters. The molecular formula is C29H46ClN3. The van der Waals surface area contributed by atoms with E-state index in [1.54, 1.807) is 11.3 Å². The normalized spacial score (nSPS) is 26.5. The number of rotatable bonds is 5. The second kappa shape index (κ2) is 10.4. The Hall–Kier alpha value is -0.930. The quantitative estimate of drug-likeness (QED) is 0.465. The molecular weight excluding hydrogens is 426 g/mol. The lowest BCUT2D eigenvalue weighted by molar-refractivity contribution is 0.181. The van der Waals surface area contributed by atoms with Crippen molar-refractivity contribution in [3.05, 3.63) is 23.8 Å². The zero-order chi connectivity index (χ0) is 21.4. The smallest absolute Gasteiger partial charge is 0.0404 e. The van der Waals surface area contributed by atoms with Gasteiger partial charge in [0.05, 0.1) is 0 Å². The van der Waals surface area contributed by atoms with E-state index in [2.05, 4.69) is 32.9 Å². The molecule has 1 spiro atoms. The molecule has 1 aromatic rings. The number of benzene rings is 1. The fourth-order valence-corrected chi connectivity index (χ4v) is 7.51. The van der Waals surface area contributed by atoms with E-state index in [4.69, 9.17) is 0 Å². The van der Waals surface area contributed by atoms with Crippen LogP contribution in [0.25, 0.3) is 0 Å². The molecule has 5 fully saturated rings. The molecule has 184 valence electrons. The Bertz CT molecular complexity index is 761. The van der Waals surface area contributed by atoms with Gasteiger partial charge in [-0.3, -0.25) is 4.90 Å². The van der Waals surface area contributed by atoms with Crippen LogP contribution in [0.3, 0.4) is 0 Å². The highest BCUT2D eigenvalue weighted by Gasteiger charge is 2.38. The number of hydrogen-bond acceptors (Lipinski definition) is 3. The van der Waals surface area contributed by atoms with E-state index in [1.807, 2.05) is 0 Å². The van der Waals surface area contributed by atoms with E-state index in [9.17, 15) is 0 Å². The first kappa shape index (κ1) is 23.8. The van der Waals surface area contributed by atoms with E-state index < -0.39 is 0 Å². The highest BCUT2D eigenvalue weighted by Crippen LogP contribution is 2.53. The van der Waals surface area contributed by atoms with Crippen LogP contribution in [0.4, 0.5) is 11.4 Å². The summed E-state index contributed by atoms with van der Waals surface area (Å²) < 4.78 is 0. The molecule has 1 aromatic carbocycles. The predicted octanol–water partition coefficient (Wildman–Crippen LogP) is 6.85. The largest absolute Gasteiger partial charge is 0.372 e. The molecule has 3 aliphatic carbocycles. The number of halogens is 1. The molecule has 4 heteroatoms. The molecule has 0 radical (unpaired) electrons. The SMILES string of the molecule is Cl.c1cc(N2CCN(CC3CC3)CC2)c(C2CCC3(CCCC3)CC2)cc1N1CCCCC1. The standard InChI is InChI=1S/C29H45N3.ClH/c1-4-16-31(17-5-1)26-8-9-28(32-20-18-30(19-21-32)23-24-6-7-24)27(22-26)25-10-14-29(15-11-25)12-2-3-13-29;/h8-9,22,24-25H,1-7,10-21,23H2;1H. The first-order valence-electron chi connectivity index (χ1n) is 14.1. The zero-order valence-corrected chi connectivity index (χ0v) is 21.6. The molecule has 0 aromatic heterocycles. The summed E-state index contributed by atoms with van der Waals surface area (Å²) in [7, 11) is 0. The maximum atomic E-state index is 2.75. The van der Waals surface area contributed by atoms with Crippen LogP contribution in [0.1, 0.15) is 95.0 Å². The number of nitrogens with zero attached hydrogens (tertiary/aromatic N) is 3. The van der Waals surface area contributed by atoms with Gasteiger partial charge in [0.25, 0.3) is 0 Å². The topological polar surface area (TPSA) is 9.72 Å². The third-order valence-corrected chi connectivity index (χ3v) is 9.81. The Labute approximate surface area is 208 Å². The van der Waals surface area contributed by atoms with Crippen molar-refractivity contribution in [2.45, 2.75) is 89.4 Å². The van der Waals surface area contributed by atoms with Crippen LogP contribution in [0.5, 0.6) is 0 Å². The van der Waals surface area contributed by atoms with Crippen LogP contribution in [0.2, 0.25) is 0 Å². The Morgan fingerprint density at radius 3 is 2.06 bits per heavy atom. The van der Waals surface area contributed by atoms with Crippen LogP contribution < -0.4 is 9.80 Å².